The van der Waals surface area contributed by atoms with Crippen molar-refractivity contribution in [3.8, 4) is 5.69 Å². The van der Waals surface area contributed by atoms with Gasteiger partial charge in [0, 0.05) is 27.6 Å². The van der Waals surface area contributed by atoms with Crippen LogP contribution in [0, 0.1) is 0 Å². The second kappa shape index (κ2) is 4.31. The van der Waals surface area contributed by atoms with Gasteiger partial charge >= 0.3 is 0 Å². The Balaban J connectivity index is 2.07. The van der Waals surface area contributed by atoms with Crippen molar-refractivity contribution in [2.45, 2.75) is 25.4 Å². The fourth-order valence-corrected chi connectivity index (χ4v) is 2.77. The van der Waals surface area contributed by atoms with Crippen molar-refractivity contribution >= 4 is 15.9 Å². The molecular formula is C14H14BrNO. The van der Waals surface area contributed by atoms with Gasteiger partial charge in [-0.15, -0.1) is 0 Å². The molecule has 1 aromatic carbocycles. The molecule has 3 heteroatoms. The van der Waals surface area contributed by atoms with E-state index in [-0.39, 0.29) is 6.10 Å². The Hall–Kier alpha value is -1.06. The molecule has 0 saturated carbocycles. The van der Waals surface area contributed by atoms with Gasteiger partial charge in [-0.2, -0.15) is 0 Å². The summed E-state index contributed by atoms with van der Waals surface area (Å²) >= 11 is 3.44. The SMILES string of the molecule is OC1CCCc2c1ccn2-c1ccc(Br)cc1. The van der Waals surface area contributed by atoms with Gasteiger partial charge in [-0.25, -0.2) is 0 Å². The Labute approximate surface area is 109 Å². The number of benzene rings is 1. The highest BCUT2D eigenvalue weighted by atomic mass is 79.9. The van der Waals surface area contributed by atoms with Gasteiger partial charge in [0.2, 0.25) is 0 Å². The van der Waals surface area contributed by atoms with Crippen molar-refractivity contribution in [3.05, 3.63) is 52.3 Å². The first-order valence-electron chi connectivity index (χ1n) is 5.90. The molecule has 1 heterocycles. The first kappa shape index (κ1) is 11.1. The van der Waals surface area contributed by atoms with Crippen molar-refractivity contribution in [1.82, 2.24) is 4.57 Å². The third-order valence-electron chi connectivity index (χ3n) is 3.38. The van der Waals surface area contributed by atoms with Crippen LogP contribution in [0.2, 0.25) is 0 Å². The first-order chi connectivity index (χ1) is 8.25. The molecule has 0 saturated heterocycles. The zero-order chi connectivity index (χ0) is 11.8. The molecule has 0 amide bonds. The van der Waals surface area contributed by atoms with Crippen LogP contribution < -0.4 is 0 Å². The standard InChI is InChI=1S/C14H14BrNO/c15-10-4-6-11(7-5-10)16-9-8-12-13(16)2-1-3-14(12)17/h4-9,14,17H,1-3H2. The van der Waals surface area contributed by atoms with Gasteiger partial charge in [-0.05, 0) is 49.6 Å². The first-order valence-corrected chi connectivity index (χ1v) is 6.69. The Bertz CT molecular complexity index is 530. The smallest absolute Gasteiger partial charge is 0.0807 e. The lowest BCUT2D eigenvalue weighted by Crippen LogP contribution is -2.10. The van der Waals surface area contributed by atoms with E-state index in [0.29, 0.717) is 0 Å². The third-order valence-corrected chi connectivity index (χ3v) is 3.91. The van der Waals surface area contributed by atoms with Gasteiger partial charge < -0.3 is 9.67 Å². The van der Waals surface area contributed by atoms with Crippen LogP contribution in [0.4, 0.5) is 0 Å². The minimum absolute atomic E-state index is 0.282. The van der Waals surface area contributed by atoms with Crippen LogP contribution >= 0.6 is 15.9 Å². The summed E-state index contributed by atoms with van der Waals surface area (Å²) in [5.41, 5.74) is 3.51. The fourth-order valence-electron chi connectivity index (χ4n) is 2.51. The molecule has 17 heavy (non-hydrogen) atoms. The molecule has 0 aliphatic heterocycles. The molecule has 0 fully saturated rings. The second-order valence-corrected chi connectivity index (χ2v) is 5.39. The topological polar surface area (TPSA) is 25.2 Å². The predicted octanol–water partition coefficient (Wildman–Crippen LogP) is 3.61. The maximum absolute atomic E-state index is 9.94. The van der Waals surface area contributed by atoms with Crippen molar-refractivity contribution in [2.75, 3.05) is 0 Å². The molecule has 2 aromatic rings. The van der Waals surface area contributed by atoms with Gasteiger partial charge in [0.1, 0.15) is 0 Å². The average Bonchev–Trinajstić information content (AvgIpc) is 2.75. The monoisotopic (exact) mass is 291 g/mol. The van der Waals surface area contributed by atoms with Crippen LogP contribution in [-0.2, 0) is 6.42 Å². The summed E-state index contributed by atoms with van der Waals surface area (Å²) in [6, 6.07) is 10.3. The average molecular weight is 292 g/mol. The van der Waals surface area contributed by atoms with Crippen LogP contribution in [0.5, 0.6) is 0 Å². The van der Waals surface area contributed by atoms with E-state index in [9.17, 15) is 5.11 Å². The molecule has 1 atom stereocenters. The number of halogens is 1. The van der Waals surface area contributed by atoms with Gasteiger partial charge in [0.15, 0.2) is 0 Å². The van der Waals surface area contributed by atoms with E-state index in [0.717, 1.165) is 35.0 Å². The largest absolute Gasteiger partial charge is 0.388 e. The molecule has 0 radical (unpaired) electrons. The minimum atomic E-state index is -0.282. The minimum Gasteiger partial charge on any atom is -0.388 e. The summed E-state index contributed by atoms with van der Waals surface area (Å²) < 4.78 is 3.27. The van der Waals surface area contributed by atoms with E-state index in [1.807, 2.05) is 18.2 Å². The predicted molar refractivity (Wildman–Crippen MR) is 71.4 cm³/mol. The highest BCUT2D eigenvalue weighted by molar-refractivity contribution is 9.10. The second-order valence-electron chi connectivity index (χ2n) is 4.47. The van der Waals surface area contributed by atoms with E-state index in [1.54, 1.807) is 0 Å². The molecule has 1 aromatic heterocycles. The molecular weight excluding hydrogens is 278 g/mol. The Kier molecular flexibility index (Phi) is 2.81. The molecule has 0 spiro atoms. The van der Waals surface area contributed by atoms with E-state index in [2.05, 4.69) is 38.8 Å². The Morgan fingerprint density at radius 3 is 2.71 bits per heavy atom. The number of aliphatic hydroxyl groups excluding tert-OH is 1. The van der Waals surface area contributed by atoms with Crippen LogP contribution in [0.3, 0.4) is 0 Å². The number of hydrogen-bond acceptors (Lipinski definition) is 1. The van der Waals surface area contributed by atoms with Crippen LogP contribution in [0.25, 0.3) is 5.69 Å². The molecule has 1 aliphatic rings. The molecule has 1 aliphatic carbocycles. The molecule has 3 rings (SSSR count). The maximum atomic E-state index is 9.94. The number of nitrogens with zero attached hydrogens (tertiary/aromatic N) is 1. The summed E-state index contributed by atoms with van der Waals surface area (Å²) in [4.78, 5) is 0. The molecule has 1 N–H and O–H groups in total. The van der Waals surface area contributed by atoms with Crippen LogP contribution in [-0.4, -0.2) is 9.67 Å². The molecule has 2 nitrogen and oxygen atoms in total. The van der Waals surface area contributed by atoms with Gasteiger partial charge in [0.25, 0.3) is 0 Å². The Morgan fingerprint density at radius 2 is 1.94 bits per heavy atom. The lowest BCUT2D eigenvalue weighted by Gasteiger charge is -2.20. The maximum Gasteiger partial charge on any atom is 0.0807 e. The molecule has 88 valence electrons. The summed E-state index contributed by atoms with van der Waals surface area (Å²) in [7, 11) is 0. The van der Waals surface area contributed by atoms with E-state index in [4.69, 9.17) is 0 Å². The number of fused-ring (bicyclic) bond motifs is 1. The van der Waals surface area contributed by atoms with E-state index in [1.165, 1.54) is 5.69 Å². The lowest BCUT2D eigenvalue weighted by molar-refractivity contribution is 0.156. The van der Waals surface area contributed by atoms with E-state index < -0.39 is 0 Å². The fraction of sp³-hybridized carbons (Fsp3) is 0.286. The number of hydrogen-bond donors (Lipinski definition) is 1. The summed E-state index contributed by atoms with van der Waals surface area (Å²) in [5, 5.41) is 9.94. The van der Waals surface area contributed by atoms with Crippen molar-refractivity contribution in [1.29, 1.82) is 0 Å². The lowest BCUT2D eigenvalue weighted by atomic mass is 9.95. The zero-order valence-electron chi connectivity index (χ0n) is 9.44. The third kappa shape index (κ3) is 1.94. The Morgan fingerprint density at radius 1 is 1.18 bits per heavy atom. The van der Waals surface area contributed by atoms with Crippen LogP contribution in [0.15, 0.2) is 41.0 Å². The normalized spacial score (nSPS) is 19.1. The number of aromatic nitrogens is 1. The molecule has 1 unspecified atom stereocenters. The van der Waals surface area contributed by atoms with Gasteiger partial charge in [-0.1, -0.05) is 15.9 Å². The van der Waals surface area contributed by atoms with Gasteiger partial charge in [0.05, 0.1) is 6.10 Å². The van der Waals surface area contributed by atoms with Gasteiger partial charge in [-0.3, -0.25) is 0 Å². The quantitative estimate of drug-likeness (QED) is 0.853. The zero-order valence-corrected chi connectivity index (χ0v) is 11.0. The highest BCUT2D eigenvalue weighted by Gasteiger charge is 2.21. The van der Waals surface area contributed by atoms with Crippen molar-refractivity contribution < 1.29 is 5.11 Å². The summed E-state index contributed by atoms with van der Waals surface area (Å²) in [6.07, 6.45) is 4.78. The summed E-state index contributed by atoms with van der Waals surface area (Å²) in [6.45, 7) is 0. The van der Waals surface area contributed by atoms with Crippen molar-refractivity contribution in [3.63, 3.8) is 0 Å². The number of rotatable bonds is 1. The number of aliphatic hydroxyl groups is 1. The van der Waals surface area contributed by atoms with Crippen LogP contribution in [0.1, 0.15) is 30.2 Å². The van der Waals surface area contributed by atoms with E-state index >= 15 is 0 Å². The molecule has 0 bridgehead atoms. The van der Waals surface area contributed by atoms with Crippen molar-refractivity contribution in [2.24, 2.45) is 0 Å². The highest BCUT2D eigenvalue weighted by Crippen LogP contribution is 2.32. The summed E-state index contributed by atoms with van der Waals surface area (Å²) in [5.74, 6) is 0.